The van der Waals surface area contributed by atoms with Crippen LogP contribution in [0.4, 0.5) is 20.4 Å². The molecule has 2 rings (SSSR count). The van der Waals surface area contributed by atoms with Crippen LogP contribution >= 0.6 is 0 Å². The molecule has 1 aromatic carbocycles. The van der Waals surface area contributed by atoms with Crippen molar-refractivity contribution in [2.45, 2.75) is 0 Å². The second-order valence-corrected chi connectivity index (χ2v) is 3.60. The highest BCUT2D eigenvalue weighted by atomic mass is 19.2. The van der Waals surface area contributed by atoms with Crippen LogP contribution in [0.1, 0.15) is 0 Å². The Morgan fingerprint density at radius 2 is 1.89 bits per heavy atom. The highest BCUT2D eigenvalue weighted by Crippen LogP contribution is 2.12. The first kappa shape index (κ1) is 12.9. The van der Waals surface area contributed by atoms with E-state index in [9.17, 15) is 13.6 Å². The van der Waals surface area contributed by atoms with Crippen molar-refractivity contribution in [3.63, 3.8) is 0 Å². The molecule has 0 unspecified atom stereocenters. The molecule has 0 bridgehead atoms. The number of hydrogen-bond donors (Lipinski definition) is 2. The number of amides is 1. The van der Waals surface area contributed by atoms with Gasteiger partial charge in [-0.2, -0.15) is 0 Å². The van der Waals surface area contributed by atoms with E-state index in [2.05, 4.69) is 20.6 Å². The monoisotopic (exact) mass is 264 g/mol. The number of halogens is 2. The smallest absolute Gasteiger partial charge is 0.243 e. The molecule has 0 saturated carbocycles. The average molecular weight is 264 g/mol. The summed E-state index contributed by atoms with van der Waals surface area (Å²) in [6, 6.07) is 4.77. The van der Waals surface area contributed by atoms with E-state index in [1.54, 1.807) is 6.07 Å². The van der Waals surface area contributed by atoms with Gasteiger partial charge >= 0.3 is 0 Å². The lowest BCUT2D eigenvalue weighted by molar-refractivity contribution is -0.114. The Hall–Kier alpha value is -2.57. The van der Waals surface area contributed by atoms with E-state index in [1.165, 1.54) is 18.5 Å². The Kier molecular flexibility index (Phi) is 3.97. The zero-order valence-electron chi connectivity index (χ0n) is 9.73. The van der Waals surface area contributed by atoms with E-state index in [4.69, 9.17) is 0 Å². The molecule has 2 aromatic rings. The zero-order chi connectivity index (χ0) is 13.7. The number of nitrogens with zero attached hydrogens (tertiary/aromatic N) is 2. The summed E-state index contributed by atoms with van der Waals surface area (Å²) in [5.74, 6) is -2.09. The van der Waals surface area contributed by atoms with Crippen molar-refractivity contribution >= 4 is 17.5 Å². The lowest BCUT2D eigenvalue weighted by Gasteiger charge is -2.06. The van der Waals surface area contributed by atoms with Crippen LogP contribution in [0.3, 0.4) is 0 Å². The summed E-state index contributed by atoms with van der Waals surface area (Å²) in [7, 11) is 0. The summed E-state index contributed by atoms with van der Waals surface area (Å²) in [5, 5.41) is 5.11. The predicted octanol–water partition coefficient (Wildman–Crippen LogP) is 1.81. The van der Waals surface area contributed by atoms with Gasteiger partial charge in [0.05, 0.1) is 6.54 Å². The maximum absolute atomic E-state index is 12.9. The van der Waals surface area contributed by atoms with E-state index in [0.717, 1.165) is 12.1 Å². The lowest BCUT2D eigenvalue weighted by Crippen LogP contribution is -2.22. The molecule has 7 heteroatoms. The van der Waals surface area contributed by atoms with Crippen LogP contribution in [0.2, 0.25) is 0 Å². The van der Waals surface area contributed by atoms with Crippen molar-refractivity contribution in [2.75, 3.05) is 17.2 Å². The van der Waals surface area contributed by atoms with Gasteiger partial charge in [-0.1, -0.05) is 0 Å². The van der Waals surface area contributed by atoms with E-state index in [1.807, 2.05) is 0 Å². The normalized spacial score (nSPS) is 10.0. The van der Waals surface area contributed by atoms with Gasteiger partial charge in [0.25, 0.3) is 0 Å². The molecule has 0 aliphatic heterocycles. The van der Waals surface area contributed by atoms with Crippen LogP contribution in [0.5, 0.6) is 0 Å². The molecule has 98 valence electrons. The largest absolute Gasteiger partial charge is 0.345 e. The summed E-state index contributed by atoms with van der Waals surface area (Å²) >= 11 is 0. The van der Waals surface area contributed by atoms with Gasteiger partial charge in [-0.05, 0) is 18.2 Å². The summed E-state index contributed by atoms with van der Waals surface area (Å²) in [6.45, 7) is -0.0803. The molecule has 0 atom stereocenters. The third-order valence-electron chi connectivity index (χ3n) is 2.18. The number of benzene rings is 1. The summed E-state index contributed by atoms with van der Waals surface area (Å²) in [5.41, 5.74) is 0.180. The number of hydrogen-bond acceptors (Lipinski definition) is 4. The van der Waals surface area contributed by atoms with Gasteiger partial charge in [0.2, 0.25) is 11.9 Å². The molecule has 2 N–H and O–H groups in total. The number of carbonyl (C=O) groups excluding carboxylic acids is 1. The number of rotatable bonds is 4. The second kappa shape index (κ2) is 5.85. The molecule has 0 spiro atoms. The molecule has 0 radical (unpaired) electrons. The minimum atomic E-state index is -1.02. The topological polar surface area (TPSA) is 66.9 Å². The van der Waals surface area contributed by atoms with Gasteiger partial charge in [-0.25, -0.2) is 18.7 Å². The number of nitrogens with one attached hydrogen (secondary N) is 2. The van der Waals surface area contributed by atoms with Crippen molar-refractivity contribution in [2.24, 2.45) is 0 Å². The van der Waals surface area contributed by atoms with Crippen LogP contribution in [0.15, 0.2) is 36.7 Å². The van der Waals surface area contributed by atoms with Gasteiger partial charge in [0.15, 0.2) is 11.6 Å². The third kappa shape index (κ3) is 3.70. The van der Waals surface area contributed by atoms with Crippen LogP contribution in [-0.4, -0.2) is 22.4 Å². The fourth-order valence-electron chi connectivity index (χ4n) is 1.33. The summed E-state index contributed by atoms with van der Waals surface area (Å²) in [4.78, 5) is 19.3. The van der Waals surface area contributed by atoms with E-state index in [0.29, 0.717) is 5.95 Å². The molecule has 19 heavy (non-hydrogen) atoms. The fourth-order valence-corrected chi connectivity index (χ4v) is 1.33. The van der Waals surface area contributed by atoms with Crippen molar-refractivity contribution in [1.29, 1.82) is 0 Å². The zero-order valence-corrected chi connectivity index (χ0v) is 9.73. The van der Waals surface area contributed by atoms with Gasteiger partial charge in [0, 0.05) is 24.1 Å². The maximum atomic E-state index is 12.9. The standard InChI is InChI=1S/C12H10F2N4O/c13-9-3-2-8(6-10(9)14)18-11(19)7-17-12-15-4-1-5-16-12/h1-6H,7H2,(H,18,19)(H,15,16,17). The Morgan fingerprint density at radius 3 is 2.58 bits per heavy atom. The first-order valence-electron chi connectivity index (χ1n) is 5.41. The van der Waals surface area contributed by atoms with E-state index < -0.39 is 17.5 Å². The first-order valence-corrected chi connectivity index (χ1v) is 5.41. The summed E-state index contributed by atoms with van der Waals surface area (Å²) < 4.78 is 25.6. The number of aromatic nitrogens is 2. The lowest BCUT2D eigenvalue weighted by atomic mass is 10.3. The second-order valence-electron chi connectivity index (χ2n) is 3.60. The molecule has 0 saturated heterocycles. The molecular formula is C12H10F2N4O. The van der Waals surface area contributed by atoms with Crippen LogP contribution in [0.25, 0.3) is 0 Å². The van der Waals surface area contributed by atoms with E-state index in [-0.39, 0.29) is 12.2 Å². The highest BCUT2D eigenvalue weighted by molar-refractivity contribution is 5.93. The van der Waals surface area contributed by atoms with Gasteiger partial charge in [-0.15, -0.1) is 0 Å². The fraction of sp³-hybridized carbons (Fsp3) is 0.0833. The SMILES string of the molecule is O=C(CNc1ncccn1)Nc1ccc(F)c(F)c1. The molecule has 1 heterocycles. The van der Waals surface area contributed by atoms with Gasteiger partial charge in [0.1, 0.15) is 0 Å². The van der Waals surface area contributed by atoms with Gasteiger partial charge < -0.3 is 10.6 Å². The minimum Gasteiger partial charge on any atom is -0.345 e. The van der Waals surface area contributed by atoms with Crippen molar-refractivity contribution in [3.05, 3.63) is 48.3 Å². The van der Waals surface area contributed by atoms with Crippen molar-refractivity contribution in [3.8, 4) is 0 Å². The quantitative estimate of drug-likeness (QED) is 0.883. The maximum Gasteiger partial charge on any atom is 0.243 e. The number of carbonyl (C=O) groups is 1. The Labute approximate surface area is 107 Å². The third-order valence-corrected chi connectivity index (χ3v) is 2.18. The molecular weight excluding hydrogens is 254 g/mol. The van der Waals surface area contributed by atoms with Crippen LogP contribution < -0.4 is 10.6 Å². The summed E-state index contributed by atoms with van der Waals surface area (Å²) in [6.07, 6.45) is 3.06. The molecule has 5 nitrogen and oxygen atoms in total. The predicted molar refractivity (Wildman–Crippen MR) is 65.5 cm³/mol. The highest BCUT2D eigenvalue weighted by Gasteiger charge is 2.06. The van der Waals surface area contributed by atoms with Crippen LogP contribution in [-0.2, 0) is 4.79 Å². The average Bonchev–Trinajstić information content (AvgIpc) is 2.42. The van der Waals surface area contributed by atoms with E-state index >= 15 is 0 Å². The van der Waals surface area contributed by atoms with Crippen LogP contribution in [0, 0.1) is 11.6 Å². The van der Waals surface area contributed by atoms with Crippen molar-refractivity contribution < 1.29 is 13.6 Å². The molecule has 0 aliphatic rings. The molecule has 1 aromatic heterocycles. The molecule has 0 fully saturated rings. The Balaban J connectivity index is 1.89. The Morgan fingerprint density at radius 1 is 1.16 bits per heavy atom. The number of anilines is 2. The van der Waals surface area contributed by atoms with Crippen molar-refractivity contribution in [1.82, 2.24) is 9.97 Å². The molecule has 0 aliphatic carbocycles. The molecule has 1 amide bonds. The Bertz CT molecular complexity index is 577. The first-order chi connectivity index (χ1) is 9.15. The minimum absolute atomic E-state index is 0.0803. The van der Waals surface area contributed by atoms with Gasteiger partial charge in [-0.3, -0.25) is 4.79 Å².